The van der Waals surface area contributed by atoms with Crippen LogP contribution < -0.4 is 18.9 Å². The molecule has 0 aliphatic rings. The Morgan fingerprint density at radius 2 is 1.30 bits per heavy atom. The Morgan fingerprint density at radius 1 is 0.723 bits per heavy atom. The third-order valence-corrected chi connectivity index (χ3v) is 6.82. The van der Waals surface area contributed by atoms with E-state index in [2.05, 4.69) is 13.2 Å². The van der Waals surface area contributed by atoms with Gasteiger partial charge in [0.1, 0.15) is 11.5 Å². The van der Waals surface area contributed by atoms with Crippen molar-refractivity contribution in [3.05, 3.63) is 96.6 Å². The molecule has 248 valence electrons. The fraction of sp³-hybridized carbons (Fsp3) is 0.278. The lowest BCUT2D eigenvalue weighted by atomic mass is 9.94. The standard InChI is InChI=1S/C36H38O11/c1-5-32(37)45-21-9-7-19-43-27-14-11-25(12-15-27)36(41)47-30-17-13-26(23-31(30)42-4)34-24(3)29(18-16-28(34)35(39)40)44-20-8-10-22-46-33(38)6-2/h5-6,11-18,23H,1-2,7-10,19-22H2,3-4H3,(H,39,40). The lowest BCUT2D eigenvalue weighted by molar-refractivity contribution is -0.138. The van der Waals surface area contributed by atoms with E-state index in [1.807, 2.05) is 0 Å². The van der Waals surface area contributed by atoms with E-state index in [9.17, 15) is 24.3 Å². The molecule has 0 amide bonds. The maximum atomic E-state index is 12.9. The highest BCUT2D eigenvalue weighted by molar-refractivity contribution is 5.98. The summed E-state index contributed by atoms with van der Waals surface area (Å²) in [7, 11) is 1.42. The van der Waals surface area contributed by atoms with Crippen molar-refractivity contribution in [2.45, 2.75) is 32.6 Å². The number of hydrogen-bond acceptors (Lipinski definition) is 10. The van der Waals surface area contributed by atoms with Gasteiger partial charge >= 0.3 is 23.9 Å². The summed E-state index contributed by atoms with van der Waals surface area (Å²) in [5.41, 5.74) is 1.91. The molecule has 11 heteroatoms. The maximum absolute atomic E-state index is 12.9. The molecule has 0 atom stereocenters. The number of unbranched alkanes of at least 4 members (excludes halogenated alkanes) is 2. The molecular weight excluding hydrogens is 608 g/mol. The Morgan fingerprint density at radius 3 is 1.87 bits per heavy atom. The molecule has 0 radical (unpaired) electrons. The van der Waals surface area contributed by atoms with Gasteiger partial charge in [0.05, 0.1) is 44.7 Å². The van der Waals surface area contributed by atoms with Crippen LogP contribution in [0.3, 0.4) is 0 Å². The minimum Gasteiger partial charge on any atom is -0.494 e. The van der Waals surface area contributed by atoms with Crippen molar-refractivity contribution in [3.63, 3.8) is 0 Å². The molecular formula is C36H38O11. The van der Waals surface area contributed by atoms with Gasteiger partial charge in [-0.3, -0.25) is 0 Å². The molecule has 3 aromatic rings. The van der Waals surface area contributed by atoms with Gasteiger partial charge in [0.2, 0.25) is 0 Å². The SMILES string of the molecule is C=CC(=O)OCCCCOc1ccc(C(=O)Oc2ccc(-c3c(C(=O)O)ccc(OCCCCOC(=O)C=C)c3C)cc2OC)cc1. The number of aromatic carboxylic acids is 1. The Kier molecular flexibility index (Phi) is 14.1. The topological polar surface area (TPSA) is 144 Å². The average Bonchev–Trinajstić information content (AvgIpc) is 3.08. The van der Waals surface area contributed by atoms with Gasteiger partial charge in [0, 0.05) is 17.7 Å². The molecule has 0 heterocycles. The first kappa shape index (κ1) is 35.9. The summed E-state index contributed by atoms with van der Waals surface area (Å²) in [5.74, 6) is -1.24. The first-order valence-electron chi connectivity index (χ1n) is 14.9. The second-order valence-electron chi connectivity index (χ2n) is 10.1. The van der Waals surface area contributed by atoms with E-state index in [0.717, 1.165) is 12.2 Å². The zero-order valence-electron chi connectivity index (χ0n) is 26.5. The van der Waals surface area contributed by atoms with Crippen molar-refractivity contribution in [2.75, 3.05) is 33.5 Å². The summed E-state index contributed by atoms with van der Waals surface area (Å²) in [6.07, 6.45) is 4.73. The minimum absolute atomic E-state index is 0.0661. The highest BCUT2D eigenvalue weighted by Crippen LogP contribution is 2.38. The summed E-state index contributed by atoms with van der Waals surface area (Å²) in [6, 6.07) is 14.3. The number of ether oxygens (including phenoxy) is 6. The highest BCUT2D eigenvalue weighted by atomic mass is 16.6. The van der Waals surface area contributed by atoms with E-state index in [-0.39, 0.29) is 35.8 Å². The molecule has 0 unspecified atom stereocenters. The predicted molar refractivity (Wildman–Crippen MR) is 173 cm³/mol. The third kappa shape index (κ3) is 10.8. The minimum atomic E-state index is -1.12. The van der Waals surface area contributed by atoms with Crippen LogP contribution in [0.4, 0.5) is 0 Å². The molecule has 0 bridgehead atoms. The third-order valence-electron chi connectivity index (χ3n) is 6.82. The van der Waals surface area contributed by atoms with Crippen molar-refractivity contribution in [3.8, 4) is 34.1 Å². The monoisotopic (exact) mass is 646 g/mol. The van der Waals surface area contributed by atoms with E-state index in [0.29, 0.717) is 67.1 Å². The largest absolute Gasteiger partial charge is 0.494 e. The highest BCUT2D eigenvalue weighted by Gasteiger charge is 2.20. The number of hydrogen-bond donors (Lipinski definition) is 1. The fourth-order valence-corrected chi connectivity index (χ4v) is 4.40. The smallest absolute Gasteiger partial charge is 0.343 e. The second kappa shape index (κ2) is 18.4. The van der Waals surface area contributed by atoms with Gasteiger partial charge < -0.3 is 33.5 Å². The normalized spacial score (nSPS) is 10.3. The second-order valence-corrected chi connectivity index (χ2v) is 10.1. The van der Waals surface area contributed by atoms with Gasteiger partial charge in [0.25, 0.3) is 0 Å². The number of carboxylic acid groups (broad SMARTS) is 1. The quantitative estimate of drug-likeness (QED) is 0.0672. The van der Waals surface area contributed by atoms with E-state index < -0.39 is 23.9 Å². The molecule has 0 aliphatic heterocycles. The number of methoxy groups -OCH3 is 1. The lowest BCUT2D eigenvalue weighted by Gasteiger charge is -2.17. The van der Waals surface area contributed by atoms with Gasteiger partial charge in [-0.1, -0.05) is 19.2 Å². The summed E-state index contributed by atoms with van der Waals surface area (Å²) < 4.78 is 32.6. The van der Waals surface area contributed by atoms with Crippen molar-refractivity contribution in [2.24, 2.45) is 0 Å². The number of esters is 3. The first-order chi connectivity index (χ1) is 22.7. The van der Waals surface area contributed by atoms with E-state index in [1.54, 1.807) is 55.5 Å². The zero-order valence-corrected chi connectivity index (χ0v) is 26.5. The molecule has 0 spiro atoms. The summed E-state index contributed by atoms with van der Waals surface area (Å²) in [4.78, 5) is 47.3. The van der Waals surface area contributed by atoms with Crippen LogP contribution in [0.5, 0.6) is 23.0 Å². The molecule has 0 aliphatic carbocycles. The van der Waals surface area contributed by atoms with Gasteiger partial charge in [-0.05, 0) is 92.3 Å². The Balaban J connectivity index is 1.66. The molecule has 0 aromatic heterocycles. The predicted octanol–water partition coefficient (Wildman–Crippen LogP) is 6.36. The van der Waals surface area contributed by atoms with E-state index in [1.165, 1.54) is 13.2 Å². The molecule has 3 rings (SSSR count). The number of carbonyl (C=O) groups is 4. The molecule has 47 heavy (non-hydrogen) atoms. The summed E-state index contributed by atoms with van der Waals surface area (Å²) >= 11 is 0. The Hall–Kier alpha value is -5.58. The molecule has 1 N–H and O–H groups in total. The van der Waals surface area contributed by atoms with Crippen LogP contribution in [0.1, 0.15) is 52.0 Å². The van der Waals surface area contributed by atoms with Crippen molar-refractivity contribution in [1.82, 2.24) is 0 Å². The van der Waals surface area contributed by atoms with Gasteiger partial charge in [-0.25, -0.2) is 19.2 Å². The first-order valence-corrected chi connectivity index (χ1v) is 14.9. The number of carbonyl (C=O) groups excluding carboxylic acids is 3. The van der Waals surface area contributed by atoms with E-state index >= 15 is 0 Å². The Bertz CT molecular complexity index is 1570. The van der Waals surface area contributed by atoms with E-state index in [4.69, 9.17) is 28.4 Å². The number of rotatable bonds is 19. The fourth-order valence-electron chi connectivity index (χ4n) is 4.40. The van der Waals surface area contributed by atoms with Crippen molar-refractivity contribution < 1.29 is 52.7 Å². The molecule has 0 saturated heterocycles. The molecule has 0 fully saturated rings. The van der Waals surface area contributed by atoms with Crippen LogP contribution in [0, 0.1) is 6.92 Å². The lowest BCUT2D eigenvalue weighted by Crippen LogP contribution is -2.10. The maximum Gasteiger partial charge on any atom is 0.343 e. The molecule has 0 saturated carbocycles. The summed E-state index contributed by atoms with van der Waals surface area (Å²) in [6.45, 7) is 9.72. The average molecular weight is 647 g/mol. The van der Waals surface area contributed by atoms with Gasteiger partial charge in [-0.15, -0.1) is 0 Å². The number of carboxylic acids is 1. The van der Waals surface area contributed by atoms with Crippen LogP contribution in [0.15, 0.2) is 79.9 Å². The van der Waals surface area contributed by atoms with Crippen molar-refractivity contribution >= 4 is 23.9 Å². The number of benzene rings is 3. The van der Waals surface area contributed by atoms with Gasteiger partial charge in [0.15, 0.2) is 11.5 Å². The van der Waals surface area contributed by atoms with Crippen molar-refractivity contribution in [1.29, 1.82) is 0 Å². The molecule has 3 aromatic carbocycles. The van der Waals surface area contributed by atoms with Gasteiger partial charge in [-0.2, -0.15) is 0 Å². The van der Waals surface area contributed by atoms with Crippen LogP contribution in [-0.4, -0.2) is 62.5 Å². The zero-order chi connectivity index (χ0) is 34.2. The summed E-state index contributed by atoms with van der Waals surface area (Å²) in [5, 5.41) is 9.92. The Labute approximate surface area is 273 Å². The van der Waals surface area contributed by atoms with Crippen LogP contribution >= 0.6 is 0 Å². The van der Waals surface area contributed by atoms with Crippen LogP contribution in [0.2, 0.25) is 0 Å². The van der Waals surface area contributed by atoms with Crippen LogP contribution in [-0.2, 0) is 19.1 Å². The van der Waals surface area contributed by atoms with Crippen LogP contribution in [0.25, 0.3) is 11.1 Å². The molecule has 11 nitrogen and oxygen atoms in total.